The largest absolute Gasteiger partial charge is 0.497 e. The number of anilines is 1. The second-order valence-corrected chi connectivity index (χ2v) is 6.28. The van der Waals surface area contributed by atoms with Gasteiger partial charge in [-0.25, -0.2) is 9.59 Å². The lowest BCUT2D eigenvalue weighted by Gasteiger charge is -2.18. The quantitative estimate of drug-likeness (QED) is 0.619. The molecule has 1 N–H and O–H groups in total. The Balaban J connectivity index is 2.09. The Morgan fingerprint density at radius 3 is 2.34 bits per heavy atom. The van der Waals surface area contributed by atoms with Gasteiger partial charge in [0.1, 0.15) is 5.75 Å². The van der Waals surface area contributed by atoms with E-state index in [-0.39, 0.29) is 16.7 Å². The van der Waals surface area contributed by atoms with Gasteiger partial charge in [-0.2, -0.15) is 0 Å². The van der Waals surface area contributed by atoms with Crippen molar-refractivity contribution in [3.63, 3.8) is 0 Å². The van der Waals surface area contributed by atoms with Gasteiger partial charge in [-0.15, -0.1) is 0 Å². The Hall–Kier alpha value is -3.87. The average molecular weight is 393 g/mol. The number of esters is 1. The first-order valence-electron chi connectivity index (χ1n) is 8.70. The van der Waals surface area contributed by atoms with Gasteiger partial charge >= 0.3 is 11.9 Å². The molecule has 0 aliphatic carbocycles. The van der Waals surface area contributed by atoms with Crippen molar-refractivity contribution in [3.05, 3.63) is 76.5 Å². The lowest BCUT2D eigenvalue weighted by atomic mass is 10.0. The van der Waals surface area contributed by atoms with Gasteiger partial charge in [-0.1, -0.05) is 18.2 Å². The molecule has 29 heavy (non-hydrogen) atoms. The van der Waals surface area contributed by atoms with Crippen LogP contribution in [0.15, 0.2) is 65.4 Å². The molecule has 0 aromatic heterocycles. The predicted molar refractivity (Wildman–Crippen MR) is 107 cm³/mol. The number of amides is 1. The SMILES string of the molecule is COC(=O)C1=C(C)N(c2cccc(OC)c2)C(=O)C1=Cc1ccc(C(=O)O)cc1. The van der Waals surface area contributed by atoms with Crippen molar-refractivity contribution in [2.75, 3.05) is 19.1 Å². The van der Waals surface area contributed by atoms with Crippen molar-refractivity contribution in [2.45, 2.75) is 6.92 Å². The monoisotopic (exact) mass is 393 g/mol. The summed E-state index contributed by atoms with van der Waals surface area (Å²) >= 11 is 0. The molecule has 0 bridgehead atoms. The number of allylic oxidation sites excluding steroid dienone is 1. The van der Waals surface area contributed by atoms with Crippen molar-refractivity contribution in [2.24, 2.45) is 0 Å². The van der Waals surface area contributed by atoms with Gasteiger partial charge in [0.15, 0.2) is 0 Å². The molecule has 0 saturated carbocycles. The topological polar surface area (TPSA) is 93.1 Å². The van der Waals surface area contributed by atoms with Gasteiger partial charge in [0.05, 0.1) is 36.6 Å². The minimum Gasteiger partial charge on any atom is -0.497 e. The summed E-state index contributed by atoms with van der Waals surface area (Å²) < 4.78 is 10.1. The maximum atomic E-state index is 13.2. The van der Waals surface area contributed by atoms with Crippen molar-refractivity contribution in [3.8, 4) is 5.75 Å². The van der Waals surface area contributed by atoms with E-state index >= 15 is 0 Å². The number of carbonyl (C=O) groups excluding carboxylic acids is 2. The molecule has 7 nitrogen and oxygen atoms in total. The Morgan fingerprint density at radius 2 is 1.76 bits per heavy atom. The highest BCUT2D eigenvalue weighted by Gasteiger charge is 2.38. The Labute approximate surface area is 167 Å². The number of benzene rings is 2. The fraction of sp³-hybridized carbons (Fsp3) is 0.136. The van der Waals surface area contributed by atoms with E-state index in [1.165, 1.54) is 31.3 Å². The molecular weight excluding hydrogens is 374 g/mol. The number of nitrogens with zero attached hydrogens (tertiary/aromatic N) is 1. The van der Waals surface area contributed by atoms with E-state index < -0.39 is 17.8 Å². The number of methoxy groups -OCH3 is 2. The lowest BCUT2D eigenvalue weighted by molar-refractivity contribution is -0.136. The Bertz CT molecular complexity index is 1050. The van der Waals surface area contributed by atoms with Crippen molar-refractivity contribution in [1.82, 2.24) is 0 Å². The number of carbonyl (C=O) groups is 3. The second kappa shape index (κ2) is 8.02. The van der Waals surface area contributed by atoms with E-state index in [0.29, 0.717) is 22.7 Å². The number of aromatic carboxylic acids is 1. The summed E-state index contributed by atoms with van der Waals surface area (Å²) in [5.41, 5.74) is 2.02. The predicted octanol–water partition coefficient (Wildman–Crippen LogP) is 3.27. The highest BCUT2D eigenvalue weighted by Crippen LogP contribution is 2.36. The Kier molecular flexibility index (Phi) is 5.50. The minimum absolute atomic E-state index is 0.128. The third kappa shape index (κ3) is 3.75. The first-order valence-corrected chi connectivity index (χ1v) is 8.70. The van der Waals surface area contributed by atoms with Crippen LogP contribution < -0.4 is 9.64 Å². The van der Waals surface area contributed by atoms with Crippen LogP contribution >= 0.6 is 0 Å². The zero-order valence-corrected chi connectivity index (χ0v) is 16.1. The minimum atomic E-state index is -1.05. The molecule has 3 rings (SSSR count). The second-order valence-electron chi connectivity index (χ2n) is 6.28. The van der Waals surface area contributed by atoms with Gasteiger partial charge in [0.2, 0.25) is 0 Å². The number of hydrogen-bond acceptors (Lipinski definition) is 5. The van der Waals surface area contributed by atoms with Gasteiger partial charge in [-0.3, -0.25) is 9.69 Å². The van der Waals surface area contributed by atoms with E-state index in [1.807, 2.05) is 0 Å². The number of ether oxygens (including phenoxy) is 2. The molecule has 2 aromatic carbocycles. The number of rotatable bonds is 5. The normalized spacial score (nSPS) is 15.1. The van der Waals surface area contributed by atoms with Gasteiger partial charge in [-0.05, 0) is 42.8 Å². The standard InChI is InChI=1S/C22H19NO6/c1-13-19(22(27)29-3)18(11-14-7-9-15(10-8-14)21(25)26)20(24)23(13)16-5-4-6-17(12-16)28-2/h4-12H,1-3H3,(H,25,26). The third-order valence-corrected chi connectivity index (χ3v) is 4.57. The van der Waals surface area contributed by atoms with Crippen molar-refractivity contribution >= 4 is 29.6 Å². The molecule has 1 heterocycles. The summed E-state index contributed by atoms with van der Waals surface area (Å²) in [7, 11) is 2.78. The molecule has 0 unspecified atom stereocenters. The van der Waals surface area contributed by atoms with Crippen LogP contribution in [0.4, 0.5) is 5.69 Å². The maximum absolute atomic E-state index is 13.2. The first kappa shape index (κ1) is 19.9. The fourth-order valence-corrected chi connectivity index (χ4v) is 3.13. The molecule has 1 aliphatic heterocycles. The van der Waals surface area contributed by atoms with Crippen LogP contribution in [-0.4, -0.2) is 37.2 Å². The zero-order chi connectivity index (χ0) is 21.1. The highest BCUT2D eigenvalue weighted by molar-refractivity contribution is 6.23. The van der Waals surface area contributed by atoms with Gasteiger partial charge in [0.25, 0.3) is 5.91 Å². The van der Waals surface area contributed by atoms with Crippen LogP contribution in [0, 0.1) is 0 Å². The lowest BCUT2D eigenvalue weighted by Crippen LogP contribution is -2.24. The molecular formula is C22H19NO6. The van der Waals surface area contributed by atoms with Crippen LogP contribution in [0.2, 0.25) is 0 Å². The van der Waals surface area contributed by atoms with E-state index in [0.717, 1.165) is 0 Å². The molecule has 0 radical (unpaired) electrons. The average Bonchev–Trinajstić information content (AvgIpc) is 2.97. The van der Waals surface area contributed by atoms with Crippen LogP contribution in [0.25, 0.3) is 6.08 Å². The summed E-state index contributed by atoms with van der Waals surface area (Å²) in [6, 6.07) is 12.9. The summed E-state index contributed by atoms with van der Waals surface area (Å²) in [6.45, 7) is 1.66. The summed E-state index contributed by atoms with van der Waals surface area (Å²) in [5.74, 6) is -1.49. The molecule has 148 valence electrons. The van der Waals surface area contributed by atoms with Crippen molar-refractivity contribution in [1.29, 1.82) is 0 Å². The summed E-state index contributed by atoms with van der Waals surface area (Å²) in [5, 5.41) is 9.03. The molecule has 0 fully saturated rings. The van der Waals surface area contributed by atoms with E-state index in [2.05, 4.69) is 0 Å². The van der Waals surface area contributed by atoms with Crippen molar-refractivity contribution < 1.29 is 29.0 Å². The van der Waals surface area contributed by atoms with Crippen LogP contribution in [0.3, 0.4) is 0 Å². The molecule has 1 amide bonds. The molecule has 0 saturated heterocycles. The summed E-state index contributed by atoms with van der Waals surface area (Å²) in [4.78, 5) is 38.1. The van der Waals surface area contributed by atoms with E-state index in [1.54, 1.807) is 49.4 Å². The van der Waals surface area contributed by atoms with Crippen LogP contribution in [0.5, 0.6) is 5.75 Å². The van der Waals surface area contributed by atoms with E-state index in [9.17, 15) is 14.4 Å². The summed E-state index contributed by atoms with van der Waals surface area (Å²) in [6.07, 6.45) is 1.55. The first-order chi connectivity index (χ1) is 13.9. The maximum Gasteiger partial charge on any atom is 0.340 e. The number of carboxylic acid groups (broad SMARTS) is 1. The highest BCUT2D eigenvalue weighted by atomic mass is 16.5. The molecule has 1 aliphatic rings. The number of carboxylic acids is 1. The molecule has 0 spiro atoms. The smallest absolute Gasteiger partial charge is 0.340 e. The molecule has 0 atom stereocenters. The Morgan fingerprint density at radius 1 is 1.07 bits per heavy atom. The number of hydrogen-bond donors (Lipinski definition) is 1. The zero-order valence-electron chi connectivity index (χ0n) is 16.1. The van der Waals surface area contributed by atoms with Gasteiger partial charge in [0, 0.05) is 11.8 Å². The third-order valence-electron chi connectivity index (χ3n) is 4.57. The van der Waals surface area contributed by atoms with Crippen LogP contribution in [-0.2, 0) is 14.3 Å². The molecule has 7 heteroatoms. The van der Waals surface area contributed by atoms with Gasteiger partial charge < -0.3 is 14.6 Å². The molecule has 2 aromatic rings. The van der Waals surface area contributed by atoms with E-state index in [4.69, 9.17) is 14.6 Å². The fourth-order valence-electron chi connectivity index (χ4n) is 3.13. The van der Waals surface area contributed by atoms with Crippen LogP contribution in [0.1, 0.15) is 22.8 Å².